The number of thiophene rings is 1. The number of fused-ring (bicyclic) bond motifs is 1. The molecule has 0 aliphatic heterocycles. The van der Waals surface area contributed by atoms with Crippen LogP contribution in [0.3, 0.4) is 0 Å². The van der Waals surface area contributed by atoms with Crippen molar-refractivity contribution < 1.29 is 31.0 Å². The summed E-state index contributed by atoms with van der Waals surface area (Å²) in [6.07, 6.45) is 0. The average Bonchev–Trinajstić information content (AvgIpc) is 3.48. The molecule has 0 radical (unpaired) electrons. The van der Waals surface area contributed by atoms with Gasteiger partial charge in [-0.15, -0.1) is 35.6 Å². The van der Waals surface area contributed by atoms with E-state index in [4.69, 9.17) is 4.98 Å². The van der Waals surface area contributed by atoms with Crippen molar-refractivity contribution in [2.24, 2.45) is 0 Å². The molecule has 0 aliphatic carbocycles. The second kappa shape index (κ2) is 17.7. The third-order valence-electron chi connectivity index (χ3n) is 7.25. The molecular weight excluding hydrogens is 660 g/mol. The van der Waals surface area contributed by atoms with Crippen LogP contribution in [0.25, 0.3) is 21.5 Å². The zero-order valence-corrected chi connectivity index (χ0v) is 30.7. The molecule has 5 heteroatoms. The molecule has 3 nitrogen and oxygen atoms in total. The SMILES string of the molecule is Cc1ccc(-c2ccc3cccc(C(=O)Nc4c(C(C)C)cccc4C(C)C)c3n2)s1.[CH2-]c1ccccc1.[CH2-]c1ccccc1.[Zr+2]. The molecule has 2 heterocycles. The molecule has 0 spiro atoms. The van der Waals surface area contributed by atoms with Crippen LogP contribution in [0.15, 0.2) is 121 Å². The molecule has 0 fully saturated rings. The first-order chi connectivity index (χ1) is 21.6. The number of aromatic nitrogens is 1. The first-order valence-corrected chi connectivity index (χ1v) is 16.1. The summed E-state index contributed by atoms with van der Waals surface area (Å²) in [5.41, 5.74) is 7.61. The third kappa shape index (κ3) is 10.0. The Morgan fingerprint density at radius 1 is 0.674 bits per heavy atom. The third-order valence-corrected chi connectivity index (χ3v) is 8.28. The molecule has 232 valence electrons. The summed E-state index contributed by atoms with van der Waals surface area (Å²) in [5, 5.41) is 4.20. The van der Waals surface area contributed by atoms with E-state index in [1.54, 1.807) is 11.3 Å². The van der Waals surface area contributed by atoms with E-state index < -0.39 is 0 Å². The monoisotopic (exact) mass is 700 g/mol. The number of amides is 1. The van der Waals surface area contributed by atoms with Gasteiger partial charge in [0, 0.05) is 16.0 Å². The number of aryl methyl sites for hydroxylation is 1. The van der Waals surface area contributed by atoms with E-state index in [-0.39, 0.29) is 32.1 Å². The van der Waals surface area contributed by atoms with E-state index in [9.17, 15) is 4.79 Å². The molecule has 1 amide bonds. The Balaban J connectivity index is 0.000000315. The van der Waals surface area contributed by atoms with Gasteiger partial charge < -0.3 is 5.32 Å². The fourth-order valence-electron chi connectivity index (χ4n) is 4.87. The Morgan fingerprint density at radius 3 is 1.67 bits per heavy atom. The fourth-order valence-corrected chi connectivity index (χ4v) is 5.71. The number of pyridine rings is 1. The fraction of sp³-hybridized carbons (Fsp3) is 0.171. The normalized spacial score (nSPS) is 10.3. The van der Waals surface area contributed by atoms with Crippen LogP contribution in [0.2, 0.25) is 0 Å². The second-order valence-electron chi connectivity index (χ2n) is 11.5. The number of hydrogen-bond donors (Lipinski definition) is 1. The number of para-hydroxylation sites is 2. The molecule has 46 heavy (non-hydrogen) atoms. The predicted molar refractivity (Wildman–Crippen MR) is 194 cm³/mol. The topological polar surface area (TPSA) is 42.0 Å². The van der Waals surface area contributed by atoms with Crippen LogP contribution < -0.4 is 5.32 Å². The molecule has 4 aromatic carbocycles. The van der Waals surface area contributed by atoms with Crippen LogP contribution in [0.5, 0.6) is 0 Å². The zero-order valence-electron chi connectivity index (χ0n) is 27.4. The zero-order chi connectivity index (χ0) is 32.3. The first kappa shape index (κ1) is 36.6. The number of carbonyl (C=O) groups excluding carboxylic acids is 1. The van der Waals surface area contributed by atoms with Gasteiger partial charge in [0.1, 0.15) is 0 Å². The summed E-state index contributed by atoms with van der Waals surface area (Å²) in [4.78, 5) is 20.7. The number of hydrogen-bond acceptors (Lipinski definition) is 3. The summed E-state index contributed by atoms with van der Waals surface area (Å²) in [7, 11) is 0. The van der Waals surface area contributed by atoms with Gasteiger partial charge in [-0.1, -0.05) is 76.2 Å². The van der Waals surface area contributed by atoms with E-state index in [0.29, 0.717) is 17.4 Å². The Bertz CT molecular complexity index is 1760. The number of nitrogens with one attached hydrogen (secondary N) is 1. The Labute approximate surface area is 298 Å². The second-order valence-corrected chi connectivity index (χ2v) is 12.8. The molecule has 0 atom stereocenters. The van der Waals surface area contributed by atoms with Gasteiger partial charge in [-0.3, -0.25) is 4.79 Å². The van der Waals surface area contributed by atoms with Crippen molar-refractivity contribution in [3.63, 3.8) is 0 Å². The molecular formula is C41H42N2OSZr. The number of rotatable bonds is 5. The molecule has 0 bridgehead atoms. The van der Waals surface area contributed by atoms with Crippen LogP contribution in [0, 0.1) is 20.8 Å². The van der Waals surface area contributed by atoms with Gasteiger partial charge in [0.25, 0.3) is 5.91 Å². The summed E-state index contributed by atoms with van der Waals surface area (Å²) < 4.78 is 0. The molecule has 0 saturated carbocycles. The molecule has 0 aliphatic rings. The molecule has 6 aromatic rings. The van der Waals surface area contributed by atoms with Crippen molar-refractivity contribution in [3.8, 4) is 10.6 Å². The van der Waals surface area contributed by atoms with E-state index in [0.717, 1.165) is 49.4 Å². The quantitative estimate of drug-likeness (QED) is 0.182. The van der Waals surface area contributed by atoms with Crippen molar-refractivity contribution in [1.29, 1.82) is 0 Å². The van der Waals surface area contributed by atoms with Gasteiger partial charge >= 0.3 is 26.2 Å². The van der Waals surface area contributed by atoms with Crippen LogP contribution in [-0.2, 0) is 26.2 Å². The van der Waals surface area contributed by atoms with Crippen molar-refractivity contribution in [2.45, 2.75) is 46.5 Å². The van der Waals surface area contributed by atoms with E-state index in [1.165, 1.54) is 4.88 Å². The van der Waals surface area contributed by atoms with Crippen LogP contribution in [0.1, 0.15) is 77.0 Å². The summed E-state index contributed by atoms with van der Waals surface area (Å²) in [6, 6.07) is 40.1. The van der Waals surface area contributed by atoms with Crippen LogP contribution in [0.4, 0.5) is 5.69 Å². The summed E-state index contributed by atoms with van der Waals surface area (Å²) >= 11 is 1.71. The molecule has 0 saturated heterocycles. The minimum Gasteiger partial charge on any atom is -0.321 e. The number of nitrogens with zero attached hydrogens (tertiary/aromatic N) is 1. The minimum atomic E-state index is -0.118. The van der Waals surface area contributed by atoms with Gasteiger partial charge in [-0.2, -0.15) is 49.2 Å². The van der Waals surface area contributed by atoms with Gasteiger partial charge in [0.2, 0.25) is 0 Å². The number of benzene rings is 4. The van der Waals surface area contributed by atoms with Crippen molar-refractivity contribution in [3.05, 3.63) is 168 Å². The smallest absolute Gasteiger partial charge is 0.321 e. The minimum absolute atomic E-state index is 0. The maximum atomic E-state index is 13.5. The predicted octanol–water partition coefficient (Wildman–Crippen LogP) is 11.5. The Morgan fingerprint density at radius 2 is 1.22 bits per heavy atom. The maximum absolute atomic E-state index is 13.5. The number of anilines is 1. The van der Waals surface area contributed by atoms with Gasteiger partial charge in [0.15, 0.2) is 0 Å². The van der Waals surface area contributed by atoms with Crippen molar-refractivity contribution in [1.82, 2.24) is 4.98 Å². The van der Waals surface area contributed by atoms with Gasteiger partial charge in [-0.25, -0.2) is 4.98 Å². The molecule has 1 N–H and O–H groups in total. The standard InChI is InChI=1S/C27H28N2OS.2C7H7.Zr/c1-16(2)20-9-7-10-21(17(3)4)26(20)29-27(30)22-11-6-8-19-13-14-23(28-25(19)22)24-15-12-18(5)31-24;2*1-7-5-3-2-4-6-7;/h6-17H,1-5H3,(H,29,30);2*2-6H,1H2;/q;2*-1;+2. The van der Waals surface area contributed by atoms with Gasteiger partial charge in [-0.05, 0) is 54.2 Å². The van der Waals surface area contributed by atoms with Gasteiger partial charge in [0.05, 0.1) is 21.7 Å². The maximum Gasteiger partial charge on any atom is 2.00 e. The van der Waals surface area contributed by atoms with E-state index in [2.05, 4.69) is 84.1 Å². The van der Waals surface area contributed by atoms with E-state index in [1.807, 2.05) is 91.0 Å². The van der Waals surface area contributed by atoms with Crippen molar-refractivity contribution in [2.75, 3.05) is 5.32 Å². The summed E-state index contributed by atoms with van der Waals surface area (Å²) in [6.45, 7) is 18.2. The van der Waals surface area contributed by atoms with Crippen LogP contribution in [-0.4, -0.2) is 10.9 Å². The number of carbonyl (C=O) groups is 1. The van der Waals surface area contributed by atoms with E-state index >= 15 is 0 Å². The summed E-state index contributed by atoms with van der Waals surface area (Å²) in [5.74, 6) is 0.509. The molecule has 6 rings (SSSR count). The first-order valence-electron chi connectivity index (χ1n) is 15.3. The molecule has 2 aromatic heterocycles. The Hall–Kier alpha value is -3.92. The van der Waals surface area contributed by atoms with Crippen LogP contribution >= 0.6 is 11.3 Å². The largest absolute Gasteiger partial charge is 2.00 e. The Kier molecular flexibility index (Phi) is 14.1. The average molecular weight is 702 g/mol. The molecule has 0 unspecified atom stereocenters. The van der Waals surface area contributed by atoms with Crippen molar-refractivity contribution >= 4 is 33.8 Å².